The molecule has 0 spiro atoms. The van der Waals surface area contributed by atoms with Gasteiger partial charge in [0.25, 0.3) is 5.91 Å². The first-order chi connectivity index (χ1) is 13.0. The summed E-state index contributed by atoms with van der Waals surface area (Å²) in [5.74, 6) is 0.485. The molecule has 0 saturated carbocycles. The highest BCUT2D eigenvalue weighted by molar-refractivity contribution is 7.89. The van der Waals surface area contributed by atoms with Crippen molar-refractivity contribution in [3.05, 3.63) is 53.7 Å². The van der Waals surface area contributed by atoms with E-state index in [1.54, 1.807) is 23.2 Å². The molecule has 1 aliphatic heterocycles. The molecule has 1 aromatic heterocycles. The maximum absolute atomic E-state index is 12.7. The van der Waals surface area contributed by atoms with E-state index in [1.165, 1.54) is 31.3 Å². The summed E-state index contributed by atoms with van der Waals surface area (Å²) in [5.41, 5.74) is 0.952. The normalized spacial score (nSPS) is 14.7. The highest BCUT2D eigenvalue weighted by atomic mass is 32.2. The highest BCUT2D eigenvalue weighted by Crippen LogP contribution is 2.19. The number of nitrogens with zero attached hydrogens (tertiary/aromatic N) is 4. The summed E-state index contributed by atoms with van der Waals surface area (Å²) >= 11 is 0. The Labute approximate surface area is 158 Å². The number of nitrogens with one attached hydrogen (secondary N) is 1. The number of amides is 1. The van der Waals surface area contributed by atoms with Gasteiger partial charge in [0.15, 0.2) is 0 Å². The van der Waals surface area contributed by atoms with E-state index in [-0.39, 0.29) is 10.8 Å². The molecular weight excluding hydrogens is 366 g/mol. The number of aromatic nitrogens is 1. The summed E-state index contributed by atoms with van der Waals surface area (Å²) in [6.45, 7) is 2.14. The second kappa shape index (κ2) is 7.73. The van der Waals surface area contributed by atoms with Crippen molar-refractivity contribution < 1.29 is 13.2 Å². The zero-order chi connectivity index (χ0) is 19.4. The van der Waals surface area contributed by atoms with E-state index >= 15 is 0 Å². The van der Waals surface area contributed by atoms with Crippen LogP contribution in [-0.4, -0.2) is 57.4 Å². The molecule has 0 atom stereocenters. The molecule has 1 amide bonds. The fraction of sp³-hybridized carbons (Fsp3) is 0.278. The van der Waals surface area contributed by atoms with Gasteiger partial charge >= 0.3 is 0 Å². The Hall–Kier alpha value is -2.96. The largest absolute Gasteiger partial charge is 0.352 e. The first kappa shape index (κ1) is 18.8. The second-order valence-corrected chi connectivity index (χ2v) is 7.88. The van der Waals surface area contributed by atoms with Crippen molar-refractivity contribution in [2.75, 3.05) is 38.1 Å². The van der Waals surface area contributed by atoms with Gasteiger partial charge in [0.05, 0.1) is 10.5 Å². The number of pyridine rings is 1. The third-order valence-electron chi connectivity index (χ3n) is 4.45. The molecule has 0 unspecified atom stereocenters. The third kappa shape index (κ3) is 3.92. The van der Waals surface area contributed by atoms with Crippen LogP contribution < -0.4 is 9.62 Å². The minimum absolute atomic E-state index is 0.116. The standard InChI is InChI=1S/C18H19N5O3S/c1-20-27(25,26)16-6-4-14(5-7-16)18(24)23-11-9-22(10-12-23)17-15(13-19)3-2-8-21-17/h2-8,20H,9-12H2,1H3. The predicted octanol–water partition coefficient (Wildman–Crippen LogP) is 0.824. The Kier molecular flexibility index (Phi) is 5.39. The zero-order valence-electron chi connectivity index (χ0n) is 14.8. The van der Waals surface area contributed by atoms with Crippen LogP contribution >= 0.6 is 0 Å². The minimum atomic E-state index is -3.52. The highest BCUT2D eigenvalue weighted by Gasteiger charge is 2.24. The Bertz CT molecular complexity index is 975. The second-order valence-electron chi connectivity index (χ2n) is 6.00. The lowest BCUT2D eigenvalue weighted by molar-refractivity contribution is 0.0746. The van der Waals surface area contributed by atoms with E-state index in [2.05, 4.69) is 15.8 Å². The lowest BCUT2D eigenvalue weighted by Crippen LogP contribution is -2.49. The Morgan fingerprint density at radius 3 is 2.41 bits per heavy atom. The van der Waals surface area contributed by atoms with Gasteiger partial charge in [0.1, 0.15) is 11.9 Å². The van der Waals surface area contributed by atoms with Crippen molar-refractivity contribution in [1.82, 2.24) is 14.6 Å². The molecule has 3 rings (SSSR count). The molecule has 2 aromatic rings. The number of hydrogen-bond acceptors (Lipinski definition) is 6. The molecule has 0 bridgehead atoms. The van der Waals surface area contributed by atoms with Crippen molar-refractivity contribution in [3.63, 3.8) is 0 Å². The van der Waals surface area contributed by atoms with Gasteiger partial charge in [0.2, 0.25) is 10.0 Å². The maximum Gasteiger partial charge on any atom is 0.253 e. The number of sulfonamides is 1. The Morgan fingerprint density at radius 1 is 1.15 bits per heavy atom. The van der Waals surface area contributed by atoms with Crippen LogP contribution in [0.3, 0.4) is 0 Å². The Morgan fingerprint density at radius 2 is 1.81 bits per heavy atom. The van der Waals surface area contributed by atoms with Crippen molar-refractivity contribution in [3.8, 4) is 6.07 Å². The van der Waals surface area contributed by atoms with E-state index in [1.807, 2.05) is 4.90 Å². The van der Waals surface area contributed by atoms with E-state index in [4.69, 9.17) is 0 Å². The number of rotatable bonds is 4. The fourth-order valence-electron chi connectivity index (χ4n) is 2.93. The molecular formula is C18H19N5O3S. The van der Waals surface area contributed by atoms with Gasteiger partial charge in [-0.05, 0) is 43.4 Å². The SMILES string of the molecule is CNS(=O)(=O)c1ccc(C(=O)N2CCN(c3ncccc3C#N)CC2)cc1. The molecule has 1 N–H and O–H groups in total. The molecule has 0 aliphatic carbocycles. The van der Waals surface area contributed by atoms with Crippen LogP contribution in [0.25, 0.3) is 0 Å². The number of benzene rings is 1. The molecule has 1 aromatic carbocycles. The lowest BCUT2D eigenvalue weighted by atomic mass is 10.1. The molecule has 8 nitrogen and oxygen atoms in total. The third-order valence-corrected chi connectivity index (χ3v) is 5.88. The average molecular weight is 385 g/mol. The van der Waals surface area contributed by atoms with Crippen LogP contribution in [0.1, 0.15) is 15.9 Å². The molecule has 27 heavy (non-hydrogen) atoms. The Balaban J connectivity index is 1.68. The first-order valence-corrected chi connectivity index (χ1v) is 9.87. The summed E-state index contributed by atoms with van der Waals surface area (Å²) in [5, 5.41) is 9.21. The average Bonchev–Trinajstić information content (AvgIpc) is 2.73. The van der Waals surface area contributed by atoms with E-state index in [0.29, 0.717) is 43.1 Å². The number of piperazine rings is 1. The van der Waals surface area contributed by atoms with Crippen molar-refractivity contribution >= 4 is 21.7 Å². The van der Waals surface area contributed by atoms with Gasteiger partial charge in [-0.25, -0.2) is 18.1 Å². The summed E-state index contributed by atoms with van der Waals surface area (Å²) < 4.78 is 25.8. The fourth-order valence-corrected chi connectivity index (χ4v) is 3.66. The van der Waals surface area contributed by atoms with Crippen LogP contribution in [0.2, 0.25) is 0 Å². The zero-order valence-corrected chi connectivity index (χ0v) is 15.6. The van der Waals surface area contributed by atoms with Crippen molar-refractivity contribution in [1.29, 1.82) is 5.26 Å². The smallest absolute Gasteiger partial charge is 0.253 e. The lowest BCUT2D eigenvalue weighted by Gasteiger charge is -2.35. The molecule has 9 heteroatoms. The van der Waals surface area contributed by atoms with Gasteiger partial charge < -0.3 is 9.80 Å². The first-order valence-electron chi connectivity index (χ1n) is 8.39. The number of nitriles is 1. The molecule has 1 saturated heterocycles. The predicted molar refractivity (Wildman–Crippen MR) is 99.8 cm³/mol. The topological polar surface area (TPSA) is 106 Å². The van der Waals surface area contributed by atoms with Crippen molar-refractivity contribution in [2.45, 2.75) is 4.90 Å². The van der Waals surface area contributed by atoms with Gasteiger partial charge in [-0.1, -0.05) is 0 Å². The molecule has 0 radical (unpaired) electrons. The van der Waals surface area contributed by atoms with E-state index in [9.17, 15) is 18.5 Å². The van der Waals surface area contributed by atoms with Gasteiger partial charge in [-0.2, -0.15) is 5.26 Å². The van der Waals surface area contributed by atoms with Gasteiger partial charge in [-0.15, -0.1) is 0 Å². The summed E-state index contributed by atoms with van der Waals surface area (Å²) in [7, 11) is -2.18. The number of hydrogen-bond donors (Lipinski definition) is 1. The summed E-state index contributed by atoms with van der Waals surface area (Å²) in [4.78, 5) is 20.8. The molecule has 2 heterocycles. The maximum atomic E-state index is 12.7. The van der Waals surface area contributed by atoms with Gasteiger partial charge in [-0.3, -0.25) is 4.79 Å². The summed E-state index contributed by atoms with van der Waals surface area (Å²) in [6, 6.07) is 11.5. The summed E-state index contributed by atoms with van der Waals surface area (Å²) in [6.07, 6.45) is 1.65. The minimum Gasteiger partial charge on any atom is -0.352 e. The van der Waals surface area contributed by atoms with Crippen LogP contribution in [0, 0.1) is 11.3 Å². The molecule has 140 valence electrons. The number of carbonyl (C=O) groups excluding carboxylic acids is 1. The van der Waals surface area contributed by atoms with Crippen LogP contribution in [0.5, 0.6) is 0 Å². The van der Waals surface area contributed by atoms with Crippen LogP contribution in [0.15, 0.2) is 47.5 Å². The monoisotopic (exact) mass is 385 g/mol. The van der Waals surface area contributed by atoms with Crippen LogP contribution in [-0.2, 0) is 10.0 Å². The van der Waals surface area contributed by atoms with E-state index < -0.39 is 10.0 Å². The number of anilines is 1. The molecule has 1 aliphatic rings. The van der Waals surface area contributed by atoms with Crippen LogP contribution in [0.4, 0.5) is 5.82 Å². The van der Waals surface area contributed by atoms with Crippen molar-refractivity contribution in [2.24, 2.45) is 0 Å². The quantitative estimate of drug-likeness (QED) is 0.835. The number of carbonyl (C=O) groups is 1. The van der Waals surface area contributed by atoms with Gasteiger partial charge in [0, 0.05) is 37.9 Å². The molecule has 1 fully saturated rings. The van der Waals surface area contributed by atoms with E-state index in [0.717, 1.165) is 0 Å².